The van der Waals surface area contributed by atoms with Crippen molar-refractivity contribution in [3.8, 4) is 0 Å². The van der Waals surface area contributed by atoms with Gasteiger partial charge in [-0.05, 0) is 73.7 Å². The number of aliphatic hydroxyl groups is 2. The third-order valence-electron chi connectivity index (χ3n) is 7.83. The smallest absolute Gasteiger partial charge is 0.161 e. The lowest BCUT2D eigenvalue weighted by Gasteiger charge is -2.57. The molecule has 0 amide bonds. The molecule has 7 atom stereocenters. The van der Waals surface area contributed by atoms with Crippen molar-refractivity contribution in [1.82, 2.24) is 0 Å². The minimum Gasteiger partial charge on any atom is -0.393 e. The molecule has 0 saturated heterocycles. The van der Waals surface area contributed by atoms with Crippen LogP contribution in [0.15, 0.2) is 11.6 Å². The fraction of sp³-hybridized carbons (Fsp3) is 0.800. The van der Waals surface area contributed by atoms with Crippen molar-refractivity contribution in [3.05, 3.63) is 11.6 Å². The van der Waals surface area contributed by atoms with Crippen molar-refractivity contribution < 1.29 is 19.8 Å². The summed E-state index contributed by atoms with van der Waals surface area (Å²) < 4.78 is 0. The fourth-order valence-electron chi connectivity index (χ4n) is 6.79. The van der Waals surface area contributed by atoms with Gasteiger partial charge in [-0.2, -0.15) is 0 Å². The van der Waals surface area contributed by atoms with E-state index in [1.165, 1.54) is 5.57 Å². The van der Waals surface area contributed by atoms with Crippen molar-refractivity contribution in [2.75, 3.05) is 6.61 Å². The SMILES string of the molecule is CC12CCC(=O)C=C1CCC1C3CCC(C(=O)CO)C3CC(O)C12. The molecule has 0 aromatic rings. The Morgan fingerprint density at radius 2 is 2.00 bits per heavy atom. The van der Waals surface area contributed by atoms with Gasteiger partial charge in [0.2, 0.25) is 0 Å². The van der Waals surface area contributed by atoms with Crippen LogP contribution in [-0.4, -0.2) is 34.5 Å². The Morgan fingerprint density at radius 1 is 1.21 bits per heavy atom. The number of allylic oxidation sites excluding steroid dienone is 1. The van der Waals surface area contributed by atoms with Crippen LogP contribution in [0.1, 0.15) is 51.9 Å². The number of hydrogen-bond acceptors (Lipinski definition) is 4. The molecule has 4 aliphatic rings. The molecule has 132 valence electrons. The average molecular weight is 332 g/mol. The van der Waals surface area contributed by atoms with E-state index in [0.717, 1.165) is 32.1 Å². The largest absolute Gasteiger partial charge is 0.393 e. The minimum atomic E-state index is -0.398. The summed E-state index contributed by atoms with van der Waals surface area (Å²) in [6.45, 7) is 1.88. The van der Waals surface area contributed by atoms with Crippen molar-refractivity contribution in [2.24, 2.45) is 35.0 Å². The van der Waals surface area contributed by atoms with Crippen LogP contribution >= 0.6 is 0 Å². The highest BCUT2D eigenvalue weighted by Gasteiger charge is 2.58. The van der Waals surface area contributed by atoms with Crippen LogP contribution in [0.5, 0.6) is 0 Å². The molecule has 4 heteroatoms. The summed E-state index contributed by atoms with van der Waals surface area (Å²) in [4.78, 5) is 23.9. The van der Waals surface area contributed by atoms with E-state index in [0.29, 0.717) is 24.7 Å². The third kappa shape index (κ3) is 2.26. The van der Waals surface area contributed by atoms with Crippen LogP contribution in [0.4, 0.5) is 0 Å². The Hall–Kier alpha value is -1.00. The van der Waals surface area contributed by atoms with Crippen molar-refractivity contribution >= 4 is 11.6 Å². The van der Waals surface area contributed by atoms with Crippen LogP contribution < -0.4 is 0 Å². The fourth-order valence-corrected chi connectivity index (χ4v) is 6.79. The summed E-state index contributed by atoms with van der Waals surface area (Å²) in [6.07, 6.45) is 7.47. The molecule has 4 rings (SSSR count). The Balaban J connectivity index is 1.65. The lowest BCUT2D eigenvalue weighted by Crippen LogP contribution is -2.54. The molecule has 0 aliphatic heterocycles. The third-order valence-corrected chi connectivity index (χ3v) is 7.83. The van der Waals surface area contributed by atoms with Crippen LogP contribution in [0.2, 0.25) is 0 Å². The molecule has 4 aliphatic carbocycles. The molecule has 0 aromatic heterocycles. The highest BCUT2D eigenvalue weighted by atomic mass is 16.3. The van der Waals surface area contributed by atoms with E-state index in [1.807, 2.05) is 6.08 Å². The number of Topliss-reactive ketones (excluding diaryl/α,β-unsaturated/α-hetero) is 1. The molecule has 4 nitrogen and oxygen atoms in total. The zero-order valence-corrected chi connectivity index (χ0v) is 14.4. The Labute approximate surface area is 143 Å². The normalized spacial score (nSPS) is 47.5. The maximum atomic E-state index is 12.1. The molecule has 0 radical (unpaired) electrons. The summed E-state index contributed by atoms with van der Waals surface area (Å²) in [5.74, 6) is 1.53. The number of rotatable bonds is 2. The summed E-state index contributed by atoms with van der Waals surface area (Å²) in [5, 5.41) is 20.3. The van der Waals surface area contributed by atoms with Gasteiger partial charge in [0.25, 0.3) is 0 Å². The molecule has 0 spiro atoms. The Morgan fingerprint density at radius 3 is 2.75 bits per heavy atom. The van der Waals surface area contributed by atoms with E-state index >= 15 is 0 Å². The molecular formula is C20H28O4. The van der Waals surface area contributed by atoms with Gasteiger partial charge in [-0.3, -0.25) is 9.59 Å². The molecular weight excluding hydrogens is 304 g/mol. The van der Waals surface area contributed by atoms with Crippen LogP contribution in [0, 0.1) is 35.0 Å². The maximum Gasteiger partial charge on any atom is 0.161 e. The summed E-state index contributed by atoms with van der Waals surface area (Å²) in [5.41, 5.74) is 1.19. The first kappa shape index (κ1) is 16.5. The number of aliphatic hydroxyl groups excluding tert-OH is 2. The quantitative estimate of drug-likeness (QED) is 0.813. The molecule has 0 aromatic carbocycles. The predicted octanol–water partition coefficient (Wildman–Crippen LogP) is 2.28. The minimum absolute atomic E-state index is 0.0426. The number of hydrogen-bond donors (Lipinski definition) is 2. The van der Waals surface area contributed by atoms with E-state index in [-0.39, 0.29) is 41.3 Å². The first-order valence-electron chi connectivity index (χ1n) is 9.51. The van der Waals surface area contributed by atoms with E-state index < -0.39 is 6.10 Å². The number of ketones is 2. The van der Waals surface area contributed by atoms with E-state index in [2.05, 4.69) is 6.92 Å². The highest BCUT2D eigenvalue weighted by molar-refractivity contribution is 5.91. The van der Waals surface area contributed by atoms with E-state index in [4.69, 9.17) is 0 Å². The van der Waals surface area contributed by atoms with E-state index in [9.17, 15) is 19.8 Å². The Bertz CT molecular complexity index is 594. The lowest BCUT2D eigenvalue weighted by molar-refractivity contribution is -0.133. The van der Waals surface area contributed by atoms with E-state index in [1.54, 1.807) is 0 Å². The molecule has 0 heterocycles. The first-order valence-corrected chi connectivity index (χ1v) is 9.51. The number of carbonyl (C=O) groups is 2. The van der Waals surface area contributed by atoms with Gasteiger partial charge in [-0.15, -0.1) is 0 Å². The second-order valence-electron chi connectivity index (χ2n) is 8.72. The van der Waals surface area contributed by atoms with Gasteiger partial charge < -0.3 is 10.2 Å². The van der Waals surface area contributed by atoms with Crippen LogP contribution in [0.25, 0.3) is 0 Å². The van der Waals surface area contributed by atoms with Gasteiger partial charge >= 0.3 is 0 Å². The molecule has 3 fully saturated rings. The first-order chi connectivity index (χ1) is 11.5. The van der Waals surface area contributed by atoms with Crippen molar-refractivity contribution in [3.63, 3.8) is 0 Å². The second kappa shape index (κ2) is 5.77. The monoisotopic (exact) mass is 332 g/mol. The molecule has 3 saturated carbocycles. The summed E-state index contributed by atoms with van der Waals surface area (Å²) in [7, 11) is 0. The number of carbonyl (C=O) groups excluding carboxylic acids is 2. The zero-order chi connectivity index (χ0) is 17.1. The van der Waals surface area contributed by atoms with Crippen LogP contribution in [-0.2, 0) is 9.59 Å². The van der Waals surface area contributed by atoms with Gasteiger partial charge in [0.15, 0.2) is 11.6 Å². The van der Waals surface area contributed by atoms with Crippen molar-refractivity contribution in [2.45, 2.75) is 58.0 Å². The standard InChI is InChI=1S/C20H28O4/c1-20-7-6-12(22)8-11(20)2-3-15-13-4-5-14(18(24)10-21)16(13)9-17(23)19(15)20/h8,13-17,19,21,23H,2-7,9-10H2,1H3. The summed E-state index contributed by atoms with van der Waals surface area (Å²) in [6, 6.07) is 0. The lowest BCUT2D eigenvalue weighted by atomic mass is 9.48. The van der Waals surface area contributed by atoms with Crippen molar-refractivity contribution in [1.29, 1.82) is 0 Å². The highest BCUT2D eigenvalue weighted by Crippen LogP contribution is 2.62. The Kier molecular flexibility index (Phi) is 3.96. The van der Waals surface area contributed by atoms with Gasteiger partial charge in [-0.25, -0.2) is 0 Å². The average Bonchev–Trinajstić information content (AvgIpc) is 2.98. The van der Waals surface area contributed by atoms with Gasteiger partial charge in [0.1, 0.15) is 6.61 Å². The second-order valence-corrected chi connectivity index (χ2v) is 8.72. The molecule has 2 N–H and O–H groups in total. The zero-order valence-electron chi connectivity index (χ0n) is 14.4. The molecule has 7 unspecified atom stereocenters. The van der Waals surface area contributed by atoms with Gasteiger partial charge in [0, 0.05) is 12.3 Å². The maximum absolute atomic E-state index is 12.1. The summed E-state index contributed by atoms with van der Waals surface area (Å²) >= 11 is 0. The molecule has 24 heavy (non-hydrogen) atoms. The topological polar surface area (TPSA) is 74.6 Å². The van der Waals surface area contributed by atoms with Crippen LogP contribution in [0.3, 0.4) is 0 Å². The number of fused-ring (bicyclic) bond motifs is 5. The van der Waals surface area contributed by atoms with Gasteiger partial charge in [0.05, 0.1) is 6.10 Å². The predicted molar refractivity (Wildman–Crippen MR) is 89.1 cm³/mol. The van der Waals surface area contributed by atoms with Gasteiger partial charge in [-0.1, -0.05) is 12.5 Å². The molecule has 0 bridgehead atoms.